The molecule has 0 spiro atoms. The van der Waals surface area contributed by atoms with Crippen molar-refractivity contribution >= 4 is 10.2 Å². The van der Waals surface area contributed by atoms with E-state index in [9.17, 15) is 8.42 Å². The summed E-state index contributed by atoms with van der Waals surface area (Å²) < 4.78 is 26.2. The molecule has 0 aliphatic heterocycles. The second kappa shape index (κ2) is 4.50. The summed E-state index contributed by atoms with van der Waals surface area (Å²) in [5.74, 6) is 0. The summed E-state index contributed by atoms with van der Waals surface area (Å²) in [6.45, 7) is 0.281. The van der Waals surface area contributed by atoms with E-state index in [1.807, 2.05) is 0 Å². The number of nitrogens with one attached hydrogen (secondary N) is 1. The molecule has 0 amide bonds. The van der Waals surface area contributed by atoms with Gasteiger partial charge in [-0.2, -0.15) is 17.4 Å². The minimum absolute atomic E-state index is 0.281. The summed E-state index contributed by atoms with van der Waals surface area (Å²) in [6, 6.07) is 3.52. The third-order valence-electron chi connectivity index (χ3n) is 1.69. The van der Waals surface area contributed by atoms with Crippen molar-refractivity contribution in [2.24, 2.45) is 0 Å². The van der Waals surface area contributed by atoms with Crippen LogP contribution in [0.1, 0.15) is 5.56 Å². The van der Waals surface area contributed by atoms with Crippen LogP contribution in [0.3, 0.4) is 0 Å². The second-order valence-corrected chi connectivity index (χ2v) is 4.93. The first-order valence-electron chi connectivity index (χ1n) is 4.08. The van der Waals surface area contributed by atoms with Crippen LogP contribution in [-0.2, 0) is 16.8 Å². The van der Waals surface area contributed by atoms with Gasteiger partial charge in [-0.3, -0.25) is 4.98 Å². The molecule has 5 nitrogen and oxygen atoms in total. The number of aromatic nitrogens is 1. The van der Waals surface area contributed by atoms with Crippen molar-refractivity contribution in [3.8, 4) is 0 Å². The molecule has 6 heteroatoms. The molecule has 0 radical (unpaired) electrons. The van der Waals surface area contributed by atoms with Gasteiger partial charge in [0.25, 0.3) is 10.2 Å². The van der Waals surface area contributed by atoms with Gasteiger partial charge in [0.2, 0.25) is 0 Å². The number of hydrogen-bond donors (Lipinski definition) is 1. The summed E-state index contributed by atoms with van der Waals surface area (Å²) in [5.41, 5.74) is 0.880. The third-order valence-corrected chi connectivity index (χ3v) is 3.16. The summed E-state index contributed by atoms with van der Waals surface area (Å²) in [5, 5.41) is 0. The van der Waals surface area contributed by atoms with E-state index in [4.69, 9.17) is 0 Å². The molecule has 0 saturated heterocycles. The highest BCUT2D eigenvalue weighted by molar-refractivity contribution is 7.87. The highest BCUT2D eigenvalue weighted by Crippen LogP contribution is 1.97. The van der Waals surface area contributed by atoms with Crippen molar-refractivity contribution in [2.75, 3.05) is 14.1 Å². The molecule has 1 aromatic rings. The molecule has 1 N–H and O–H groups in total. The highest BCUT2D eigenvalue weighted by atomic mass is 32.2. The van der Waals surface area contributed by atoms with Gasteiger partial charge >= 0.3 is 0 Å². The second-order valence-electron chi connectivity index (χ2n) is 2.96. The first kappa shape index (κ1) is 11.1. The smallest absolute Gasteiger partial charge is 0.265 e. The standard InChI is InChI=1S/C8H13N3O2S/c1-11(2)14(12,13)10-7-8-3-5-9-6-4-8/h3-6,10H,7H2,1-2H3. The third kappa shape index (κ3) is 3.06. The van der Waals surface area contributed by atoms with E-state index in [0.717, 1.165) is 9.87 Å². The van der Waals surface area contributed by atoms with E-state index >= 15 is 0 Å². The van der Waals surface area contributed by atoms with Crippen molar-refractivity contribution < 1.29 is 8.42 Å². The Morgan fingerprint density at radius 2 is 1.93 bits per heavy atom. The van der Waals surface area contributed by atoms with Crippen LogP contribution in [0.25, 0.3) is 0 Å². The van der Waals surface area contributed by atoms with E-state index in [0.29, 0.717) is 0 Å². The zero-order chi connectivity index (χ0) is 10.6. The fraction of sp³-hybridized carbons (Fsp3) is 0.375. The first-order valence-corrected chi connectivity index (χ1v) is 5.52. The van der Waals surface area contributed by atoms with Crippen molar-refractivity contribution in [1.29, 1.82) is 0 Å². The Kier molecular flexibility index (Phi) is 3.56. The van der Waals surface area contributed by atoms with Crippen LogP contribution < -0.4 is 4.72 Å². The lowest BCUT2D eigenvalue weighted by Gasteiger charge is -2.11. The molecule has 1 aromatic heterocycles. The van der Waals surface area contributed by atoms with Crippen LogP contribution in [0, 0.1) is 0 Å². The largest absolute Gasteiger partial charge is 0.279 e. The fourth-order valence-electron chi connectivity index (χ4n) is 0.804. The molecule has 1 heterocycles. The summed E-state index contributed by atoms with van der Waals surface area (Å²) in [4.78, 5) is 3.84. The Morgan fingerprint density at radius 1 is 1.36 bits per heavy atom. The molecule has 0 aliphatic rings. The summed E-state index contributed by atoms with van der Waals surface area (Å²) >= 11 is 0. The van der Waals surface area contributed by atoms with E-state index in [1.165, 1.54) is 14.1 Å². The van der Waals surface area contributed by atoms with E-state index < -0.39 is 10.2 Å². The van der Waals surface area contributed by atoms with Crippen LogP contribution in [-0.4, -0.2) is 31.8 Å². The predicted molar refractivity (Wildman–Crippen MR) is 53.7 cm³/mol. The maximum Gasteiger partial charge on any atom is 0.279 e. The maximum atomic E-state index is 11.3. The lowest BCUT2D eigenvalue weighted by Crippen LogP contribution is -2.35. The predicted octanol–water partition coefficient (Wildman–Crippen LogP) is -0.0224. The zero-order valence-electron chi connectivity index (χ0n) is 8.14. The number of pyridine rings is 1. The molecule has 0 bridgehead atoms. The molecule has 0 aliphatic carbocycles. The quantitative estimate of drug-likeness (QED) is 0.767. The average molecular weight is 215 g/mol. The average Bonchev–Trinajstić information content (AvgIpc) is 2.16. The molecule has 0 unspecified atom stereocenters. The topological polar surface area (TPSA) is 62.3 Å². The highest BCUT2D eigenvalue weighted by Gasteiger charge is 2.11. The van der Waals surface area contributed by atoms with Gasteiger partial charge in [0.05, 0.1) is 0 Å². The molecular weight excluding hydrogens is 202 g/mol. The normalized spacial score (nSPS) is 11.9. The van der Waals surface area contributed by atoms with Crippen LogP contribution in [0.5, 0.6) is 0 Å². The SMILES string of the molecule is CN(C)S(=O)(=O)NCc1ccncc1. The molecule has 78 valence electrons. The molecule has 0 fully saturated rings. The molecule has 0 saturated carbocycles. The lowest BCUT2D eigenvalue weighted by atomic mass is 10.3. The van der Waals surface area contributed by atoms with Gasteiger partial charge in [-0.25, -0.2) is 0 Å². The van der Waals surface area contributed by atoms with E-state index in [-0.39, 0.29) is 6.54 Å². The van der Waals surface area contributed by atoms with Crippen LogP contribution in [0.15, 0.2) is 24.5 Å². The summed E-state index contributed by atoms with van der Waals surface area (Å²) in [6.07, 6.45) is 3.25. The van der Waals surface area contributed by atoms with Crippen molar-refractivity contribution in [2.45, 2.75) is 6.54 Å². The van der Waals surface area contributed by atoms with Crippen molar-refractivity contribution in [3.05, 3.63) is 30.1 Å². The van der Waals surface area contributed by atoms with Crippen molar-refractivity contribution in [3.63, 3.8) is 0 Å². The Morgan fingerprint density at radius 3 is 2.43 bits per heavy atom. The van der Waals surface area contributed by atoms with Crippen molar-refractivity contribution in [1.82, 2.24) is 14.0 Å². The molecule has 0 aromatic carbocycles. The Balaban J connectivity index is 2.58. The van der Waals surface area contributed by atoms with E-state index in [1.54, 1.807) is 24.5 Å². The molecule has 0 atom stereocenters. The first-order chi connectivity index (χ1) is 6.52. The van der Waals surface area contributed by atoms with Gasteiger partial charge in [0, 0.05) is 33.0 Å². The molecule has 14 heavy (non-hydrogen) atoms. The van der Waals surface area contributed by atoms with Gasteiger partial charge in [0.15, 0.2) is 0 Å². The molecule has 1 rings (SSSR count). The monoisotopic (exact) mass is 215 g/mol. The fourth-order valence-corrected chi connectivity index (χ4v) is 1.41. The lowest BCUT2D eigenvalue weighted by molar-refractivity contribution is 0.505. The Labute approximate surface area is 84.0 Å². The Bertz CT molecular complexity index is 375. The van der Waals surface area contributed by atoms with Gasteiger partial charge in [0.1, 0.15) is 0 Å². The number of hydrogen-bond acceptors (Lipinski definition) is 3. The van der Waals surface area contributed by atoms with Crippen LogP contribution in [0.2, 0.25) is 0 Å². The minimum atomic E-state index is -3.33. The zero-order valence-corrected chi connectivity index (χ0v) is 8.95. The van der Waals surface area contributed by atoms with Gasteiger partial charge in [-0.15, -0.1) is 0 Å². The minimum Gasteiger partial charge on any atom is -0.265 e. The molecular formula is C8H13N3O2S. The van der Waals surface area contributed by atoms with Gasteiger partial charge < -0.3 is 0 Å². The summed E-state index contributed by atoms with van der Waals surface area (Å²) in [7, 11) is -0.371. The Hall–Kier alpha value is -0.980. The van der Waals surface area contributed by atoms with Crippen LogP contribution >= 0.6 is 0 Å². The van der Waals surface area contributed by atoms with Crippen LogP contribution in [0.4, 0.5) is 0 Å². The number of nitrogens with zero attached hydrogens (tertiary/aromatic N) is 2. The van der Waals surface area contributed by atoms with Gasteiger partial charge in [-0.05, 0) is 17.7 Å². The van der Waals surface area contributed by atoms with Gasteiger partial charge in [-0.1, -0.05) is 0 Å². The van der Waals surface area contributed by atoms with E-state index in [2.05, 4.69) is 9.71 Å². The maximum absolute atomic E-state index is 11.3. The number of rotatable bonds is 4.